The number of sulfonamides is 1. The molecule has 27 heavy (non-hydrogen) atoms. The highest BCUT2D eigenvalue weighted by molar-refractivity contribution is 7.92. The van der Waals surface area contributed by atoms with Gasteiger partial charge in [0, 0.05) is 29.2 Å². The average molecular weight is 388 g/mol. The number of aromatic nitrogens is 1. The highest BCUT2D eigenvalue weighted by Crippen LogP contribution is 2.38. The molecule has 0 unspecified atom stereocenters. The predicted molar refractivity (Wildman–Crippen MR) is 112 cm³/mol. The number of nitrogens with one attached hydrogen (secondary N) is 1. The Morgan fingerprint density at radius 2 is 1.93 bits per heavy atom. The fourth-order valence-electron chi connectivity index (χ4n) is 3.23. The van der Waals surface area contributed by atoms with E-state index >= 15 is 0 Å². The van der Waals surface area contributed by atoms with Crippen LogP contribution in [0.15, 0.2) is 42.5 Å². The lowest BCUT2D eigenvalue weighted by atomic mass is 10.1. The molecule has 0 atom stereocenters. The van der Waals surface area contributed by atoms with E-state index in [1.165, 1.54) is 0 Å². The normalized spacial score (nSPS) is 11.7. The van der Waals surface area contributed by atoms with Gasteiger partial charge in [0.05, 0.1) is 29.8 Å². The van der Waals surface area contributed by atoms with Gasteiger partial charge in [0.15, 0.2) is 0 Å². The minimum Gasteiger partial charge on any atom is -0.497 e. The molecule has 0 fully saturated rings. The van der Waals surface area contributed by atoms with Crippen molar-refractivity contribution in [2.24, 2.45) is 0 Å². The summed E-state index contributed by atoms with van der Waals surface area (Å²) in [4.78, 5) is 0. The molecule has 6 nitrogen and oxygen atoms in total. The van der Waals surface area contributed by atoms with Crippen LogP contribution in [0.4, 0.5) is 11.4 Å². The Labute approximate surface area is 160 Å². The first-order chi connectivity index (χ1) is 12.9. The maximum absolute atomic E-state index is 11.9. The van der Waals surface area contributed by atoms with E-state index < -0.39 is 10.0 Å². The summed E-state index contributed by atoms with van der Waals surface area (Å²) in [6.45, 7) is 4.51. The predicted octanol–water partition coefficient (Wildman–Crippen LogP) is 4.07. The Morgan fingerprint density at radius 1 is 1.15 bits per heavy atom. The number of methoxy groups -OCH3 is 1. The van der Waals surface area contributed by atoms with Crippen LogP contribution in [0.1, 0.15) is 20.3 Å². The third-order valence-corrected chi connectivity index (χ3v) is 5.85. The van der Waals surface area contributed by atoms with Crippen LogP contribution in [0.2, 0.25) is 0 Å². The fraction of sp³-hybridized carbons (Fsp3) is 0.300. The van der Waals surface area contributed by atoms with Gasteiger partial charge in [-0.3, -0.25) is 4.72 Å². The molecule has 7 heteroatoms. The Balaban J connectivity index is 2.19. The molecule has 0 radical (unpaired) electrons. The SMILES string of the molecule is CCCn1c(-c2cccc(NS(=O)(=O)CC)c2)c(N)c2ccc(OC)cc21. The van der Waals surface area contributed by atoms with Crippen LogP contribution in [0, 0.1) is 0 Å². The molecule has 0 aliphatic carbocycles. The molecule has 2 aromatic carbocycles. The van der Waals surface area contributed by atoms with Gasteiger partial charge in [-0.15, -0.1) is 0 Å². The molecule has 0 aliphatic heterocycles. The summed E-state index contributed by atoms with van der Waals surface area (Å²) in [6.07, 6.45) is 0.940. The first-order valence-electron chi connectivity index (χ1n) is 8.96. The molecule has 144 valence electrons. The Bertz CT molecular complexity index is 1070. The van der Waals surface area contributed by atoms with Crippen molar-refractivity contribution in [2.45, 2.75) is 26.8 Å². The molecular weight excluding hydrogens is 362 g/mol. The Morgan fingerprint density at radius 3 is 2.59 bits per heavy atom. The summed E-state index contributed by atoms with van der Waals surface area (Å²) in [7, 11) is -1.70. The van der Waals surface area contributed by atoms with Crippen molar-refractivity contribution in [3.8, 4) is 17.0 Å². The number of fused-ring (bicyclic) bond motifs is 1. The van der Waals surface area contributed by atoms with E-state index in [1.54, 1.807) is 20.1 Å². The van der Waals surface area contributed by atoms with Gasteiger partial charge in [-0.05, 0) is 37.6 Å². The second-order valence-electron chi connectivity index (χ2n) is 6.38. The van der Waals surface area contributed by atoms with E-state index in [1.807, 2.05) is 36.4 Å². The van der Waals surface area contributed by atoms with Gasteiger partial charge >= 0.3 is 0 Å². The maximum atomic E-state index is 11.9. The van der Waals surface area contributed by atoms with Crippen molar-refractivity contribution in [3.63, 3.8) is 0 Å². The van der Waals surface area contributed by atoms with Crippen molar-refractivity contribution in [1.29, 1.82) is 0 Å². The van der Waals surface area contributed by atoms with Gasteiger partial charge in [0.25, 0.3) is 0 Å². The minimum atomic E-state index is -3.34. The molecule has 3 rings (SSSR count). The van der Waals surface area contributed by atoms with Crippen molar-refractivity contribution in [3.05, 3.63) is 42.5 Å². The zero-order chi connectivity index (χ0) is 19.6. The van der Waals surface area contributed by atoms with Crippen molar-refractivity contribution < 1.29 is 13.2 Å². The third kappa shape index (κ3) is 3.73. The Hall–Kier alpha value is -2.67. The zero-order valence-corrected chi connectivity index (χ0v) is 16.6. The highest BCUT2D eigenvalue weighted by Gasteiger charge is 2.18. The van der Waals surface area contributed by atoms with Crippen LogP contribution < -0.4 is 15.2 Å². The number of nitrogens with zero attached hydrogens (tertiary/aromatic N) is 1. The van der Waals surface area contributed by atoms with Crippen LogP contribution in [0.3, 0.4) is 0 Å². The number of ether oxygens (including phenoxy) is 1. The minimum absolute atomic E-state index is 0.0231. The number of nitrogen functional groups attached to an aromatic ring is 1. The lowest BCUT2D eigenvalue weighted by molar-refractivity contribution is 0.415. The van der Waals surface area contributed by atoms with Gasteiger partial charge in [-0.25, -0.2) is 8.42 Å². The smallest absolute Gasteiger partial charge is 0.232 e. The molecule has 3 N–H and O–H groups in total. The zero-order valence-electron chi connectivity index (χ0n) is 15.8. The molecule has 1 heterocycles. The van der Waals surface area contributed by atoms with Crippen molar-refractivity contribution >= 4 is 32.3 Å². The molecular formula is C20H25N3O3S. The first-order valence-corrected chi connectivity index (χ1v) is 10.6. The Kier molecular flexibility index (Phi) is 5.32. The molecule has 1 aromatic heterocycles. The number of anilines is 2. The fourth-order valence-corrected chi connectivity index (χ4v) is 3.86. The second-order valence-corrected chi connectivity index (χ2v) is 8.39. The highest BCUT2D eigenvalue weighted by atomic mass is 32.2. The lowest BCUT2D eigenvalue weighted by Gasteiger charge is -2.13. The van der Waals surface area contributed by atoms with Gasteiger partial charge in [0.2, 0.25) is 10.0 Å². The molecule has 0 spiro atoms. The van der Waals surface area contributed by atoms with E-state index in [0.29, 0.717) is 11.4 Å². The van der Waals surface area contributed by atoms with Gasteiger partial charge < -0.3 is 15.0 Å². The number of rotatable bonds is 7. The van der Waals surface area contributed by atoms with Crippen LogP contribution in [0.25, 0.3) is 22.2 Å². The lowest BCUT2D eigenvalue weighted by Crippen LogP contribution is -2.14. The monoisotopic (exact) mass is 387 g/mol. The quantitative estimate of drug-likeness (QED) is 0.640. The van der Waals surface area contributed by atoms with Crippen LogP contribution in [0.5, 0.6) is 5.75 Å². The maximum Gasteiger partial charge on any atom is 0.232 e. The standard InChI is InChI=1S/C20H25N3O3S/c1-4-11-23-18-13-16(26-3)9-10-17(18)19(21)20(23)14-7-6-8-15(12-14)22-27(24,25)5-2/h6-10,12-13,22H,4-5,11,21H2,1-3H3. The van der Waals surface area contributed by atoms with Crippen LogP contribution in [-0.4, -0.2) is 25.8 Å². The second kappa shape index (κ2) is 7.52. The number of hydrogen-bond donors (Lipinski definition) is 2. The molecule has 0 amide bonds. The van der Waals surface area contributed by atoms with Gasteiger partial charge in [-0.2, -0.15) is 0 Å². The summed E-state index contributed by atoms with van der Waals surface area (Å²) in [5, 5.41) is 0.957. The summed E-state index contributed by atoms with van der Waals surface area (Å²) >= 11 is 0. The summed E-state index contributed by atoms with van der Waals surface area (Å²) in [6, 6.07) is 13.2. The number of nitrogens with two attached hydrogens (primary N) is 1. The average Bonchev–Trinajstić information content (AvgIpc) is 2.93. The molecule has 0 aliphatic rings. The number of aryl methyl sites for hydroxylation is 1. The van der Waals surface area contributed by atoms with Crippen molar-refractivity contribution in [2.75, 3.05) is 23.3 Å². The number of hydrogen-bond acceptors (Lipinski definition) is 4. The largest absolute Gasteiger partial charge is 0.497 e. The molecule has 3 aromatic rings. The van der Waals surface area contributed by atoms with E-state index in [0.717, 1.165) is 40.9 Å². The van der Waals surface area contributed by atoms with Crippen molar-refractivity contribution in [1.82, 2.24) is 4.57 Å². The molecule has 0 bridgehead atoms. The third-order valence-electron chi connectivity index (χ3n) is 4.55. The summed E-state index contributed by atoms with van der Waals surface area (Å²) in [5.41, 5.74) is 10.5. The van der Waals surface area contributed by atoms with E-state index in [9.17, 15) is 8.42 Å². The summed E-state index contributed by atoms with van der Waals surface area (Å²) in [5.74, 6) is 0.795. The molecule has 0 saturated carbocycles. The van der Waals surface area contributed by atoms with Gasteiger partial charge in [0.1, 0.15) is 5.75 Å². The first kappa shape index (κ1) is 19.1. The van der Waals surface area contributed by atoms with E-state index in [4.69, 9.17) is 10.5 Å². The molecule has 0 saturated heterocycles. The van der Waals surface area contributed by atoms with E-state index in [-0.39, 0.29) is 5.75 Å². The summed E-state index contributed by atoms with van der Waals surface area (Å²) < 4.78 is 34.0. The number of benzene rings is 2. The van der Waals surface area contributed by atoms with Crippen LogP contribution >= 0.6 is 0 Å². The van der Waals surface area contributed by atoms with Gasteiger partial charge in [-0.1, -0.05) is 19.1 Å². The van der Waals surface area contributed by atoms with Crippen LogP contribution in [-0.2, 0) is 16.6 Å². The van der Waals surface area contributed by atoms with E-state index in [2.05, 4.69) is 16.2 Å². The topological polar surface area (TPSA) is 86.4 Å².